The largest absolute Gasteiger partial charge is 0.326 e. The Labute approximate surface area is 125 Å². The van der Waals surface area contributed by atoms with Gasteiger partial charge in [-0.3, -0.25) is 14.9 Å². The van der Waals surface area contributed by atoms with E-state index in [9.17, 15) is 9.59 Å². The van der Waals surface area contributed by atoms with Crippen LogP contribution in [0.1, 0.15) is 27.2 Å². The molecule has 5 heteroatoms. The first-order valence-electron chi connectivity index (χ1n) is 6.79. The molecule has 0 aromatic heterocycles. The Morgan fingerprint density at radius 3 is 2.14 bits per heavy atom. The van der Waals surface area contributed by atoms with Gasteiger partial charge in [0.15, 0.2) is 0 Å². The minimum Gasteiger partial charge on any atom is -0.326 e. The monoisotopic (exact) mass is 287 g/mol. The van der Waals surface area contributed by atoms with E-state index in [1.54, 1.807) is 24.3 Å². The Kier molecular flexibility index (Phi) is 5.94. The molecule has 0 spiro atoms. The Morgan fingerprint density at radius 1 is 1.19 bits per heavy atom. The molecule has 5 nitrogen and oxygen atoms in total. The van der Waals surface area contributed by atoms with Gasteiger partial charge in [-0.25, -0.2) is 0 Å². The van der Waals surface area contributed by atoms with Crippen molar-refractivity contribution < 1.29 is 9.59 Å². The van der Waals surface area contributed by atoms with E-state index in [1.165, 1.54) is 6.92 Å². The summed E-state index contributed by atoms with van der Waals surface area (Å²) in [6.45, 7) is 5.42. The van der Waals surface area contributed by atoms with Crippen molar-refractivity contribution in [2.24, 2.45) is 0 Å². The molecule has 0 aliphatic heterocycles. The summed E-state index contributed by atoms with van der Waals surface area (Å²) in [7, 11) is 0. The van der Waals surface area contributed by atoms with E-state index in [-0.39, 0.29) is 18.4 Å². The van der Waals surface area contributed by atoms with Crippen LogP contribution in [0.3, 0.4) is 0 Å². The van der Waals surface area contributed by atoms with Gasteiger partial charge in [0.1, 0.15) is 0 Å². The van der Waals surface area contributed by atoms with Crippen LogP contribution in [-0.2, 0) is 9.59 Å². The first kappa shape index (κ1) is 16.7. The van der Waals surface area contributed by atoms with Crippen LogP contribution < -0.4 is 16.0 Å². The minimum atomic E-state index is -0.480. The molecule has 0 aliphatic rings. The van der Waals surface area contributed by atoms with Crippen molar-refractivity contribution in [2.45, 2.75) is 32.7 Å². The molecule has 0 saturated heterocycles. The highest BCUT2D eigenvalue weighted by Crippen LogP contribution is 2.13. The van der Waals surface area contributed by atoms with E-state index < -0.39 is 5.54 Å². The highest BCUT2D eigenvalue weighted by Gasteiger charge is 2.18. The molecule has 1 atom stereocenters. The quantitative estimate of drug-likeness (QED) is 0.701. The summed E-state index contributed by atoms with van der Waals surface area (Å²) in [5, 5.41) is 8.47. The Hall–Kier alpha value is -2.32. The molecule has 0 heterocycles. The first-order chi connectivity index (χ1) is 9.88. The van der Waals surface area contributed by atoms with Crippen LogP contribution in [0, 0.1) is 12.3 Å². The van der Waals surface area contributed by atoms with Crippen molar-refractivity contribution in [1.82, 2.24) is 5.32 Å². The van der Waals surface area contributed by atoms with E-state index in [1.807, 2.05) is 13.8 Å². The lowest BCUT2D eigenvalue weighted by Gasteiger charge is -2.23. The smallest absolute Gasteiger partial charge is 0.238 e. The molecule has 1 rings (SSSR count). The third-order valence-electron chi connectivity index (χ3n) is 3.15. The van der Waals surface area contributed by atoms with Gasteiger partial charge >= 0.3 is 0 Å². The second-order valence-electron chi connectivity index (χ2n) is 4.99. The Morgan fingerprint density at radius 2 is 1.71 bits per heavy atom. The Bertz CT molecular complexity index is 546. The fourth-order valence-electron chi connectivity index (χ4n) is 1.60. The van der Waals surface area contributed by atoms with Gasteiger partial charge in [0.05, 0.1) is 12.1 Å². The van der Waals surface area contributed by atoms with E-state index in [0.29, 0.717) is 11.4 Å². The number of amides is 2. The van der Waals surface area contributed by atoms with Crippen molar-refractivity contribution >= 4 is 23.2 Å². The van der Waals surface area contributed by atoms with Gasteiger partial charge < -0.3 is 10.6 Å². The molecule has 0 saturated carbocycles. The second kappa shape index (κ2) is 7.46. The van der Waals surface area contributed by atoms with Crippen LogP contribution in [0.4, 0.5) is 11.4 Å². The van der Waals surface area contributed by atoms with Gasteiger partial charge in [0.2, 0.25) is 11.8 Å². The summed E-state index contributed by atoms with van der Waals surface area (Å²) < 4.78 is 0. The molecule has 21 heavy (non-hydrogen) atoms. The normalized spacial score (nSPS) is 12.9. The standard InChI is InChI=1S/C16H21N3O2/c1-5-16(4,6-2)17-11-15(21)19-14-9-7-13(8-10-14)18-12(3)20/h1,7-10,17H,6,11H2,2-4H3,(H,18,20)(H,19,21). The van der Waals surface area contributed by atoms with Crippen molar-refractivity contribution in [3.05, 3.63) is 24.3 Å². The molecule has 112 valence electrons. The molecule has 1 unspecified atom stereocenters. The third-order valence-corrected chi connectivity index (χ3v) is 3.15. The van der Waals surface area contributed by atoms with Crippen molar-refractivity contribution in [1.29, 1.82) is 0 Å². The highest BCUT2D eigenvalue weighted by molar-refractivity contribution is 5.93. The van der Waals surface area contributed by atoms with Crippen LogP contribution in [0.15, 0.2) is 24.3 Å². The first-order valence-corrected chi connectivity index (χ1v) is 6.79. The lowest BCUT2D eigenvalue weighted by Crippen LogP contribution is -2.44. The summed E-state index contributed by atoms with van der Waals surface area (Å²) in [5.74, 6) is 2.34. The summed E-state index contributed by atoms with van der Waals surface area (Å²) >= 11 is 0. The van der Waals surface area contributed by atoms with Gasteiger partial charge in [-0.1, -0.05) is 12.8 Å². The predicted octanol–water partition coefficient (Wildman–Crippen LogP) is 1.97. The Balaban J connectivity index is 2.52. The average molecular weight is 287 g/mol. The van der Waals surface area contributed by atoms with Gasteiger partial charge in [-0.05, 0) is 37.6 Å². The van der Waals surface area contributed by atoms with Gasteiger partial charge in [-0.15, -0.1) is 6.42 Å². The van der Waals surface area contributed by atoms with Gasteiger partial charge in [0, 0.05) is 18.3 Å². The zero-order valence-corrected chi connectivity index (χ0v) is 12.6. The lowest BCUT2D eigenvalue weighted by molar-refractivity contribution is -0.116. The van der Waals surface area contributed by atoms with Gasteiger partial charge in [-0.2, -0.15) is 0 Å². The molecule has 2 amide bonds. The van der Waals surface area contributed by atoms with E-state index >= 15 is 0 Å². The van der Waals surface area contributed by atoms with E-state index in [4.69, 9.17) is 6.42 Å². The van der Waals surface area contributed by atoms with Crippen molar-refractivity contribution in [3.8, 4) is 12.3 Å². The maximum Gasteiger partial charge on any atom is 0.238 e. The molecule has 1 aromatic carbocycles. The number of hydrogen-bond acceptors (Lipinski definition) is 3. The summed E-state index contributed by atoms with van der Waals surface area (Å²) in [5.41, 5.74) is 0.867. The molecule has 0 radical (unpaired) electrons. The molecule has 0 aliphatic carbocycles. The maximum atomic E-state index is 11.8. The average Bonchev–Trinajstić information content (AvgIpc) is 2.46. The summed E-state index contributed by atoms with van der Waals surface area (Å²) in [6, 6.07) is 6.90. The van der Waals surface area contributed by atoms with Crippen LogP contribution in [0.5, 0.6) is 0 Å². The number of anilines is 2. The summed E-state index contributed by atoms with van der Waals surface area (Å²) in [4.78, 5) is 22.7. The van der Waals surface area contributed by atoms with E-state index in [2.05, 4.69) is 21.9 Å². The molecule has 0 fully saturated rings. The zero-order chi connectivity index (χ0) is 15.9. The topological polar surface area (TPSA) is 70.2 Å². The SMILES string of the molecule is C#CC(C)(CC)NCC(=O)Nc1ccc(NC(C)=O)cc1. The lowest BCUT2D eigenvalue weighted by atomic mass is 10.0. The fourth-order valence-corrected chi connectivity index (χ4v) is 1.60. The number of terminal acetylenes is 1. The van der Waals surface area contributed by atoms with E-state index in [0.717, 1.165) is 6.42 Å². The number of nitrogens with one attached hydrogen (secondary N) is 3. The molecular formula is C16H21N3O2. The fraction of sp³-hybridized carbons (Fsp3) is 0.375. The highest BCUT2D eigenvalue weighted by atomic mass is 16.2. The number of carbonyl (C=O) groups is 2. The molecule has 0 bridgehead atoms. The third kappa shape index (κ3) is 5.67. The molecule has 3 N–H and O–H groups in total. The number of rotatable bonds is 6. The number of carbonyl (C=O) groups excluding carboxylic acids is 2. The second-order valence-corrected chi connectivity index (χ2v) is 4.99. The van der Waals surface area contributed by atoms with Crippen LogP contribution in [0.2, 0.25) is 0 Å². The predicted molar refractivity (Wildman–Crippen MR) is 84.9 cm³/mol. The summed E-state index contributed by atoms with van der Waals surface area (Å²) in [6.07, 6.45) is 6.17. The van der Waals surface area contributed by atoms with Gasteiger partial charge in [0.25, 0.3) is 0 Å². The number of hydrogen-bond donors (Lipinski definition) is 3. The maximum absolute atomic E-state index is 11.8. The number of benzene rings is 1. The zero-order valence-electron chi connectivity index (χ0n) is 12.6. The molecule has 1 aromatic rings. The van der Waals surface area contributed by atoms with Crippen LogP contribution >= 0.6 is 0 Å². The van der Waals surface area contributed by atoms with Crippen molar-refractivity contribution in [3.63, 3.8) is 0 Å². The minimum absolute atomic E-state index is 0.135. The van der Waals surface area contributed by atoms with Crippen LogP contribution in [-0.4, -0.2) is 23.9 Å². The molecular weight excluding hydrogens is 266 g/mol. The van der Waals surface area contributed by atoms with Crippen LogP contribution in [0.25, 0.3) is 0 Å². The van der Waals surface area contributed by atoms with Crippen molar-refractivity contribution in [2.75, 3.05) is 17.2 Å².